The first-order valence-electron chi connectivity index (χ1n) is 11.7. The van der Waals surface area contributed by atoms with Crippen LogP contribution < -0.4 is 10.6 Å². The summed E-state index contributed by atoms with van der Waals surface area (Å²) < 4.78 is 10.8. The lowest BCUT2D eigenvalue weighted by Crippen LogP contribution is -2.62. The van der Waals surface area contributed by atoms with E-state index in [0.717, 1.165) is 17.3 Å². The van der Waals surface area contributed by atoms with Crippen LogP contribution in [0.3, 0.4) is 0 Å². The van der Waals surface area contributed by atoms with Crippen LogP contribution in [0.2, 0.25) is 0 Å². The minimum Gasteiger partial charge on any atom is -0.464 e. The molecule has 190 valence electrons. The number of carbonyl (C=O) groups excluding carboxylic acids is 4. The molecule has 8 nitrogen and oxygen atoms in total. The van der Waals surface area contributed by atoms with Crippen LogP contribution in [0, 0.1) is 5.92 Å². The van der Waals surface area contributed by atoms with Crippen molar-refractivity contribution in [3.63, 3.8) is 0 Å². The number of rotatable bonds is 14. The Morgan fingerprint density at radius 1 is 1.03 bits per heavy atom. The third-order valence-corrected chi connectivity index (χ3v) is 6.78. The van der Waals surface area contributed by atoms with Crippen molar-refractivity contribution in [1.82, 2.24) is 10.6 Å². The fourth-order valence-corrected chi connectivity index (χ4v) is 4.16. The van der Waals surface area contributed by atoms with Gasteiger partial charge in [-0.25, -0.2) is 4.79 Å². The SMILES string of the molecule is CCOC(=O)[C@H](COCc1ccccc1)NC(=O)C(CC)(CC)NC(=O)[C@H](SC(C)=O)C(C)C. The van der Waals surface area contributed by atoms with Crippen molar-refractivity contribution in [2.45, 2.75) is 77.8 Å². The number of thioether (sulfide) groups is 1. The number of nitrogens with one attached hydrogen (secondary N) is 2. The topological polar surface area (TPSA) is 111 Å². The van der Waals surface area contributed by atoms with Crippen LogP contribution in [-0.2, 0) is 35.3 Å². The Labute approximate surface area is 206 Å². The van der Waals surface area contributed by atoms with Gasteiger partial charge < -0.3 is 20.1 Å². The van der Waals surface area contributed by atoms with Gasteiger partial charge in [0.25, 0.3) is 0 Å². The zero-order valence-corrected chi connectivity index (χ0v) is 21.8. The van der Waals surface area contributed by atoms with Crippen molar-refractivity contribution in [3.8, 4) is 0 Å². The van der Waals surface area contributed by atoms with Crippen molar-refractivity contribution < 1.29 is 28.7 Å². The molecule has 0 saturated carbocycles. The van der Waals surface area contributed by atoms with Crippen LogP contribution in [-0.4, -0.2) is 52.9 Å². The van der Waals surface area contributed by atoms with Gasteiger partial charge in [0, 0.05) is 6.92 Å². The third-order valence-electron chi connectivity index (χ3n) is 5.43. The summed E-state index contributed by atoms with van der Waals surface area (Å²) in [6.45, 7) is 10.7. The fourth-order valence-electron chi connectivity index (χ4n) is 3.36. The van der Waals surface area contributed by atoms with Crippen LogP contribution in [0.1, 0.15) is 59.9 Å². The van der Waals surface area contributed by atoms with Gasteiger partial charge in [-0.1, -0.05) is 69.8 Å². The molecule has 0 aliphatic carbocycles. The maximum atomic E-state index is 13.4. The highest BCUT2D eigenvalue weighted by atomic mass is 32.2. The van der Waals surface area contributed by atoms with Crippen LogP contribution in [0.15, 0.2) is 30.3 Å². The Hall–Kier alpha value is -2.39. The Morgan fingerprint density at radius 3 is 2.15 bits per heavy atom. The maximum Gasteiger partial charge on any atom is 0.331 e. The molecule has 34 heavy (non-hydrogen) atoms. The third kappa shape index (κ3) is 9.10. The van der Waals surface area contributed by atoms with Gasteiger partial charge in [-0.15, -0.1) is 0 Å². The summed E-state index contributed by atoms with van der Waals surface area (Å²) in [4.78, 5) is 50.5. The van der Waals surface area contributed by atoms with E-state index in [1.807, 2.05) is 44.2 Å². The molecule has 1 aromatic carbocycles. The molecule has 1 aromatic rings. The quantitative estimate of drug-likeness (QED) is 0.382. The minimum absolute atomic E-state index is 0.0776. The molecular formula is C25H38N2O6S. The lowest BCUT2D eigenvalue weighted by molar-refractivity contribution is -0.150. The summed E-state index contributed by atoms with van der Waals surface area (Å²) in [5, 5.41) is 4.78. The van der Waals surface area contributed by atoms with Gasteiger partial charge in [0.15, 0.2) is 11.2 Å². The molecule has 0 bridgehead atoms. The number of benzene rings is 1. The first-order valence-corrected chi connectivity index (χ1v) is 12.6. The van der Waals surface area contributed by atoms with E-state index in [1.54, 1.807) is 20.8 Å². The highest BCUT2D eigenvalue weighted by Crippen LogP contribution is 2.24. The van der Waals surface area contributed by atoms with Crippen molar-refractivity contribution in [2.75, 3.05) is 13.2 Å². The van der Waals surface area contributed by atoms with Crippen LogP contribution in [0.5, 0.6) is 0 Å². The van der Waals surface area contributed by atoms with Gasteiger partial charge in [0.05, 0.1) is 25.1 Å². The van der Waals surface area contributed by atoms with Crippen LogP contribution in [0.25, 0.3) is 0 Å². The largest absolute Gasteiger partial charge is 0.464 e. The summed E-state index contributed by atoms with van der Waals surface area (Å²) in [5.41, 5.74) is -0.311. The first kappa shape index (κ1) is 29.6. The van der Waals surface area contributed by atoms with E-state index in [2.05, 4.69) is 10.6 Å². The second-order valence-electron chi connectivity index (χ2n) is 8.33. The predicted octanol–water partition coefficient (Wildman–Crippen LogP) is 3.23. The average Bonchev–Trinajstić information content (AvgIpc) is 2.80. The summed E-state index contributed by atoms with van der Waals surface area (Å²) >= 11 is 0.947. The second kappa shape index (κ2) is 14.8. The molecule has 2 amide bonds. The Balaban J connectivity index is 2.99. The molecule has 0 aromatic heterocycles. The van der Waals surface area contributed by atoms with E-state index < -0.39 is 28.7 Å². The molecule has 0 aliphatic rings. The van der Waals surface area contributed by atoms with E-state index >= 15 is 0 Å². The zero-order valence-electron chi connectivity index (χ0n) is 21.0. The monoisotopic (exact) mass is 494 g/mol. The fraction of sp³-hybridized carbons (Fsp3) is 0.600. The molecule has 0 aliphatic heterocycles. The predicted molar refractivity (Wildman–Crippen MR) is 133 cm³/mol. The highest BCUT2D eigenvalue weighted by Gasteiger charge is 2.40. The maximum absolute atomic E-state index is 13.4. The summed E-state index contributed by atoms with van der Waals surface area (Å²) in [5.74, 6) is -1.60. The first-order chi connectivity index (χ1) is 16.1. The zero-order chi connectivity index (χ0) is 25.7. The van der Waals surface area contributed by atoms with E-state index in [-0.39, 0.29) is 36.8 Å². The minimum atomic E-state index is -1.24. The van der Waals surface area contributed by atoms with Gasteiger partial charge >= 0.3 is 5.97 Å². The molecule has 0 spiro atoms. The van der Waals surface area contributed by atoms with Gasteiger partial charge in [0.1, 0.15) is 5.54 Å². The number of hydrogen-bond donors (Lipinski definition) is 2. The summed E-state index contributed by atoms with van der Waals surface area (Å²) in [6.07, 6.45) is 0.605. The molecule has 0 radical (unpaired) electrons. The van der Waals surface area contributed by atoms with E-state index in [0.29, 0.717) is 12.8 Å². The Morgan fingerprint density at radius 2 is 1.65 bits per heavy atom. The van der Waals surface area contributed by atoms with Crippen molar-refractivity contribution >= 4 is 34.7 Å². The number of amides is 2. The molecule has 0 saturated heterocycles. The number of carbonyl (C=O) groups is 4. The molecule has 2 N–H and O–H groups in total. The number of ether oxygens (including phenoxy) is 2. The van der Waals surface area contributed by atoms with E-state index in [1.165, 1.54) is 6.92 Å². The Kier molecular flexibility index (Phi) is 12.9. The van der Waals surface area contributed by atoms with E-state index in [9.17, 15) is 19.2 Å². The van der Waals surface area contributed by atoms with Gasteiger partial charge in [0.2, 0.25) is 11.8 Å². The second-order valence-corrected chi connectivity index (χ2v) is 9.65. The van der Waals surface area contributed by atoms with Gasteiger partial charge in [-0.2, -0.15) is 0 Å². The molecule has 9 heteroatoms. The van der Waals surface area contributed by atoms with Crippen LogP contribution >= 0.6 is 11.8 Å². The molecular weight excluding hydrogens is 456 g/mol. The van der Waals surface area contributed by atoms with Gasteiger partial charge in [-0.05, 0) is 31.2 Å². The molecule has 0 unspecified atom stereocenters. The van der Waals surface area contributed by atoms with Gasteiger partial charge in [-0.3, -0.25) is 14.4 Å². The molecule has 0 fully saturated rings. The normalized spacial score (nSPS) is 13.1. The lowest BCUT2D eigenvalue weighted by atomic mass is 9.90. The highest BCUT2D eigenvalue weighted by molar-refractivity contribution is 8.14. The molecule has 2 atom stereocenters. The van der Waals surface area contributed by atoms with Crippen LogP contribution in [0.4, 0.5) is 0 Å². The molecule has 0 heterocycles. The van der Waals surface area contributed by atoms with Crippen molar-refractivity contribution in [2.24, 2.45) is 5.92 Å². The van der Waals surface area contributed by atoms with Crippen molar-refractivity contribution in [3.05, 3.63) is 35.9 Å². The lowest BCUT2D eigenvalue weighted by Gasteiger charge is -2.34. The number of esters is 1. The standard InChI is InChI=1S/C25H38N2O6S/c1-7-25(8-2,27-22(29)21(17(4)5)34-18(6)28)24(31)26-20(23(30)33-9-3)16-32-15-19-13-11-10-12-14-19/h10-14,17,20-21H,7-9,15-16H2,1-6H3,(H,26,31)(H,27,29)/t20-,21+/m0/s1. The number of hydrogen-bond acceptors (Lipinski definition) is 7. The van der Waals surface area contributed by atoms with E-state index in [4.69, 9.17) is 9.47 Å². The summed E-state index contributed by atoms with van der Waals surface area (Å²) in [6, 6.07) is 8.44. The smallest absolute Gasteiger partial charge is 0.331 e. The average molecular weight is 495 g/mol. The summed E-state index contributed by atoms with van der Waals surface area (Å²) in [7, 11) is 0. The van der Waals surface area contributed by atoms with Crippen molar-refractivity contribution in [1.29, 1.82) is 0 Å². The Bertz CT molecular complexity index is 811. The molecule has 1 rings (SSSR count).